The van der Waals surface area contributed by atoms with Crippen LogP contribution >= 0.6 is 0 Å². The first-order valence-electron chi connectivity index (χ1n) is 7.76. The van der Waals surface area contributed by atoms with Crippen molar-refractivity contribution in [3.8, 4) is 0 Å². The van der Waals surface area contributed by atoms with Gasteiger partial charge in [-0.05, 0) is 42.0 Å². The zero-order valence-corrected chi connectivity index (χ0v) is 12.9. The molecular formula is C20H24O. The molecule has 2 rings (SSSR count). The van der Waals surface area contributed by atoms with Crippen molar-refractivity contribution in [2.24, 2.45) is 0 Å². The molecule has 0 aromatic heterocycles. The predicted molar refractivity (Wildman–Crippen MR) is 90.1 cm³/mol. The van der Waals surface area contributed by atoms with E-state index in [1.54, 1.807) is 0 Å². The molecule has 0 spiro atoms. The average Bonchev–Trinajstić information content (AvgIpc) is 2.53. The van der Waals surface area contributed by atoms with Crippen LogP contribution < -0.4 is 0 Å². The second-order valence-corrected chi connectivity index (χ2v) is 5.41. The molecule has 2 aromatic carbocycles. The quantitative estimate of drug-likeness (QED) is 0.784. The summed E-state index contributed by atoms with van der Waals surface area (Å²) >= 11 is 0. The monoisotopic (exact) mass is 280 g/mol. The Kier molecular flexibility index (Phi) is 5.77. The summed E-state index contributed by atoms with van der Waals surface area (Å²) in [4.78, 5) is 0. The summed E-state index contributed by atoms with van der Waals surface area (Å²) in [7, 11) is 0. The van der Waals surface area contributed by atoms with Gasteiger partial charge in [-0.3, -0.25) is 0 Å². The first kappa shape index (κ1) is 15.5. The van der Waals surface area contributed by atoms with Crippen LogP contribution in [-0.2, 0) is 0 Å². The molecule has 110 valence electrons. The molecule has 0 fully saturated rings. The van der Waals surface area contributed by atoms with Gasteiger partial charge in [-0.25, -0.2) is 0 Å². The number of rotatable bonds is 6. The molecule has 1 unspecified atom stereocenters. The van der Waals surface area contributed by atoms with E-state index in [0.29, 0.717) is 0 Å². The van der Waals surface area contributed by atoms with Gasteiger partial charge in [0.2, 0.25) is 0 Å². The Bertz CT molecular complexity index is 526. The average molecular weight is 280 g/mol. The first-order valence-corrected chi connectivity index (χ1v) is 7.76. The van der Waals surface area contributed by atoms with Crippen LogP contribution in [0.25, 0.3) is 5.57 Å². The molecule has 21 heavy (non-hydrogen) atoms. The Hall–Kier alpha value is -1.86. The van der Waals surface area contributed by atoms with Crippen molar-refractivity contribution < 1.29 is 5.11 Å². The van der Waals surface area contributed by atoms with Crippen LogP contribution in [0.4, 0.5) is 0 Å². The van der Waals surface area contributed by atoms with Gasteiger partial charge in [0.1, 0.15) is 0 Å². The molecule has 1 nitrogen and oxygen atoms in total. The van der Waals surface area contributed by atoms with Crippen LogP contribution in [0.5, 0.6) is 0 Å². The molecular weight excluding hydrogens is 256 g/mol. The highest BCUT2D eigenvalue weighted by atomic mass is 16.3. The van der Waals surface area contributed by atoms with Gasteiger partial charge >= 0.3 is 0 Å². The molecule has 0 aliphatic heterocycles. The van der Waals surface area contributed by atoms with E-state index >= 15 is 0 Å². The van der Waals surface area contributed by atoms with Crippen molar-refractivity contribution in [2.45, 2.75) is 39.2 Å². The molecule has 1 N–H and O–H groups in total. The summed E-state index contributed by atoms with van der Waals surface area (Å²) in [5.74, 6) is 0. The third-order valence-electron chi connectivity index (χ3n) is 3.75. The van der Waals surface area contributed by atoms with E-state index in [2.05, 4.69) is 55.5 Å². The van der Waals surface area contributed by atoms with E-state index in [4.69, 9.17) is 0 Å². The van der Waals surface area contributed by atoms with Gasteiger partial charge in [0, 0.05) is 0 Å². The summed E-state index contributed by atoms with van der Waals surface area (Å²) in [6.07, 6.45) is 2.75. The van der Waals surface area contributed by atoms with E-state index in [-0.39, 0.29) is 0 Å². The first-order chi connectivity index (χ1) is 10.2. The van der Waals surface area contributed by atoms with E-state index in [0.717, 1.165) is 24.8 Å². The maximum Gasteiger partial charge on any atom is 0.0731 e. The molecule has 0 heterocycles. The third kappa shape index (κ3) is 4.05. The molecule has 0 bridgehead atoms. The summed E-state index contributed by atoms with van der Waals surface area (Å²) in [5, 5.41) is 10.3. The summed E-state index contributed by atoms with van der Waals surface area (Å²) in [6.45, 7) is 4.06. The summed E-state index contributed by atoms with van der Waals surface area (Å²) in [5.41, 5.74) is 4.67. The lowest BCUT2D eigenvalue weighted by molar-refractivity contribution is 0.227. The van der Waals surface area contributed by atoms with Crippen LogP contribution in [0, 0.1) is 0 Å². The second-order valence-electron chi connectivity index (χ2n) is 5.41. The lowest BCUT2D eigenvalue weighted by atomic mass is 9.88. The zero-order valence-electron chi connectivity index (χ0n) is 12.9. The van der Waals surface area contributed by atoms with E-state index in [1.807, 2.05) is 19.1 Å². The van der Waals surface area contributed by atoms with Gasteiger partial charge in [0.05, 0.1) is 6.10 Å². The third-order valence-corrected chi connectivity index (χ3v) is 3.75. The molecule has 2 aromatic rings. The van der Waals surface area contributed by atoms with E-state index < -0.39 is 6.10 Å². The summed E-state index contributed by atoms with van der Waals surface area (Å²) < 4.78 is 0. The Labute approximate surface area is 128 Å². The minimum atomic E-state index is -0.424. The summed E-state index contributed by atoms with van der Waals surface area (Å²) in [6, 6.07) is 20.8. The van der Waals surface area contributed by atoms with Crippen molar-refractivity contribution in [3.05, 3.63) is 77.4 Å². The fraction of sp³-hybridized carbons (Fsp3) is 0.300. The smallest absolute Gasteiger partial charge is 0.0731 e. The zero-order chi connectivity index (χ0) is 15.1. The number of unbranched alkanes of at least 4 members (excludes halogenated alkanes) is 1. The number of aliphatic hydroxyl groups is 1. The van der Waals surface area contributed by atoms with Gasteiger partial charge < -0.3 is 5.11 Å². The van der Waals surface area contributed by atoms with Gasteiger partial charge in [-0.1, -0.05) is 74.0 Å². The van der Waals surface area contributed by atoms with Crippen LogP contribution in [0.1, 0.15) is 44.2 Å². The van der Waals surface area contributed by atoms with Gasteiger partial charge in [-0.2, -0.15) is 0 Å². The molecule has 1 heteroatoms. The fourth-order valence-electron chi connectivity index (χ4n) is 2.66. The van der Waals surface area contributed by atoms with E-state index in [1.165, 1.54) is 16.7 Å². The lowest BCUT2D eigenvalue weighted by Gasteiger charge is -2.19. The van der Waals surface area contributed by atoms with Crippen LogP contribution in [-0.4, -0.2) is 11.2 Å². The van der Waals surface area contributed by atoms with Gasteiger partial charge in [0.15, 0.2) is 0 Å². The maximum atomic E-state index is 10.3. The Morgan fingerprint density at radius 2 is 1.38 bits per heavy atom. The highest BCUT2D eigenvalue weighted by Gasteiger charge is 2.15. The molecule has 0 amide bonds. The normalized spacial score (nSPS) is 12.0. The molecule has 1 atom stereocenters. The lowest BCUT2D eigenvalue weighted by Crippen LogP contribution is -2.09. The highest BCUT2D eigenvalue weighted by Crippen LogP contribution is 2.31. The number of aliphatic hydroxyl groups excluding tert-OH is 1. The topological polar surface area (TPSA) is 20.2 Å². The van der Waals surface area contributed by atoms with Crippen LogP contribution in [0.15, 0.2) is 66.2 Å². The SMILES string of the molecule is CCCCC(=C(c1ccccc1)c1ccccc1)C(C)O. The van der Waals surface area contributed by atoms with Gasteiger partial charge in [-0.15, -0.1) is 0 Å². The molecule has 0 aliphatic carbocycles. The minimum absolute atomic E-state index is 0.424. The van der Waals surface area contributed by atoms with Crippen LogP contribution in [0.2, 0.25) is 0 Å². The van der Waals surface area contributed by atoms with E-state index in [9.17, 15) is 5.11 Å². The standard InChI is InChI=1S/C20H24O/c1-3-4-15-19(16(2)21)20(17-11-7-5-8-12-17)18-13-9-6-10-14-18/h5-14,16,21H,3-4,15H2,1-2H3. The van der Waals surface area contributed by atoms with Gasteiger partial charge in [0.25, 0.3) is 0 Å². The molecule has 0 radical (unpaired) electrons. The van der Waals surface area contributed by atoms with Crippen molar-refractivity contribution in [3.63, 3.8) is 0 Å². The van der Waals surface area contributed by atoms with Crippen molar-refractivity contribution in [2.75, 3.05) is 0 Å². The Morgan fingerprint density at radius 1 is 0.905 bits per heavy atom. The number of hydrogen-bond acceptors (Lipinski definition) is 1. The fourth-order valence-corrected chi connectivity index (χ4v) is 2.66. The molecule has 0 aliphatic rings. The Morgan fingerprint density at radius 3 is 1.76 bits per heavy atom. The second kappa shape index (κ2) is 7.80. The maximum absolute atomic E-state index is 10.3. The predicted octanol–water partition coefficient (Wildman–Crippen LogP) is 5.06. The largest absolute Gasteiger partial charge is 0.389 e. The highest BCUT2D eigenvalue weighted by molar-refractivity contribution is 5.82. The minimum Gasteiger partial charge on any atom is -0.389 e. The van der Waals surface area contributed by atoms with Crippen LogP contribution in [0.3, 0.4) is 0 Å². The van der Waals surface area contributed by atoms with Crippen molar-refractivity contribution in [1.82, 2.24) is 0 Å². The number of benzene rings is 2. The Balaban J connectivity index is 2.58. The van der Waals surface area contributed by atoms with Crippen molar-refractivity contribution in [1.29, 1.82) is 0 Å². The number of hydrogen-bond donors (Lipinski definition) is 1. The van der Waals surface area contributed by atoms with Crippen molar-refractivity contribution >= 4 is 5.57 Å². The molecule has 0 saturated heterocycles. The molecule has 0 saturated carbocycles.